The van der Waals surface area contributed by atoms with Crippen molar-refractivity contribution < 1.29 is 13.2 Å². The predicted octanol–water partition coefficient (Wildman–Crippen LogP) is 4.77. The Morgan fingerprint density at radius 3 is 2.75 bits per heavy atom. The van der Waals surface area contributed by atoms with E-state index in [0.29, 0.717) is 22.7 Å². The number of aromatic nitrogens is 2. The van der Waals surface area contributed by atoms with Crippen molar-refractivity contribution in [1.29, 1.82) is 0 Å². The molecule has 1 aromatic carbocycles. The average Bonchev–Trinajstić information content (AvgIpc) is 3.09. The zero-order valence-electron chi connectivity index (χ0n) is 10.9. The van der Waals surface area contributed by atoms with Crippen LogP contribution in [0.15, 0.2) is 18.2 Å². The first-order valence-corrected chi connectivity index (χ1v) is 6.99. The number of rotatable bonds is 3. The topological polar surface area (TPSA) is 17.8 Å². The summed E-state index contributed by atoms with van der Waals surface area (Å²) in [5.74, 6) is 1.12. The second-order valence-corrected chi connectivity index (χ2v) is 5.71. The van der Waals surface area contributed by atoms with Crippen LogP contribution in [-0.2, 0) is 6.54 Å². The van der Waals surface area contributed by atoms with Crippen molar-refractivity contribution in [2.75, 3.05) is 0 Å². The van der Waals surface area contributed by atoms with E-state index >= 15 is 0 Å². The van der Waals surface area contributed by atoms with Crippen LogP contribution in [0.25, 0.3) is 10.9 Å². The maximum absolute atomic E-state index is 12.6. The minimum absolute atomic E-state index is 0.124. The predicted molar refractivity (Wildman–Crippen MR) is 71.9 cm³/mol. The minimum Gasteiger partial charge on any atom is -0.254 e. The summed E-state index contributed by atoms with van der Waals surface area (Å²) in [6.07, 6.45) is -2.09. The molecule has 1 heterocycles. The summed E-state index contributed by atoms with van der Waals surface area (Å²) in [5, 5.41) is 4.50. The molecule has 0 aliphatic heterocycles. The first kappa shape index (κ1) is 13.7. The molecule has 1 aromatic heterocycles. The summed E-state index contributed by atoms with van der Waals surface area (Å²) in [6.45, 7) is 1.02. The zero-order chi connectivity index (χ0) is 14.5. The van der Waals surface area contributed by atoms with Crippen molar-refractivity contribution in [3.63, 3.8) is 0 Å². The van der Waals surface area contributed by atoms with E-state index in [1.54, 1.807) is 12.1 Å². The standard InChI is InChI=1S/C14H14ClF3N2/c1-2-8-5-11(8)9-3-4-10-12(6-9)20(19-13(10)15)7-14(16,17)18/h3-4,6,8,11H,2,5,7H2,1H3/t8-,11-/m0/s1. The molecule has 0 bridgehead atoms. The molecule has 0 radical (unpaired) electrons. The molecule has 1 aliphatic rings. The molecule has 2 aromatic rings. The summed E-state index contributed by atoms with van der Waals surface area (Å²) in [4.78, 5) is 0. The van der Waals surface area contributed by atoms with Gasteiger partial charge in [-0.3, -0.25) is 4.68 Å². The highest BCUT2D eigenvalue weighted by Gasteiger charge is 2.37. The molecular formula is C14H14ClF3N2. The molecule has 108 valence electrons. The fourth-order valence-corrected chi connectivity index (χ4v) is 3.03. The Morgan fingerprint density at radius 2 is 2.15 bits per heavy atom. The van der Waals surface area contributed by atoms with Crippen molar-refractivity contribution >= 4 is 22.5 Å². The van der Waals surface area contributed by atoms with Crippen LogP contribution in [0.3, 0.4) is 0 Å². The lowest BCUT2D eigenvalue weighted by Crippen LogP contribution is -2.18. The largest absolute Gasteiger partial charge is 0.408 e. The van der Waals surface area contributed by atoms with E-state index in [1.807, 2.05) is 6.07 Å². The highest BCUT2D eigenvalue weighted by molar-refractivity contribution is 6.34. The maximum atomic E-state index is 12.6. The van der Waals surface area contributed by atoms with Gasteiger partial charge in [-0.05, 0) is 36.0 Å². The molecule has 0 N–H and O–H groups in total. The average molecular weight is 303 g/mol. The van der Waals surface area contributed by atoms with E-state index in [0.717, 1.165) is 23.1 Å². The SMILES string of the molecule is CC[C@H]1C[C@@H]1c1ccc2c(Cl)nn(CC(F)(F)F)c2c1. The van der Waals surface area contributed by atoms with Gasteiger partial charge < -0.3 is 0 Å². The van der Waals surface area contributed by atoms with Gasteiger partial charge in [0.1, 0.15) is 6.54 Å². The third-order valence-corrected chi connectivity index (χ3v) is 4.21. The van der Waals surface area contributed by atoms with Crippen LogP contribution in [0.4, 0.5) is 13.2 Å². The Morgan fingerprint density at radius 1 is 1.40 bits per heavy atom. The highest BCUT2D eigenvalue weighted by atomic mass is 35.5. The maximum Gasteiger partial charge on any atom is 0.408 e. The molecule has 1 fully saturated rings. The summed E-state index contributed by atoms with van der Waals surface area (Å²) >= 11 is 5.91. The monoisotopic (exact) mass is 302 g/mol. The minimum atomic E-state index is -4.30. The van der Waals surface area contributed by atoms with E-state index in [4.69, 9.17) is 11.6 Å². The Hall–Kier alpha value is -1.23. The summed E-state index contributed by atoms with van der Waals surface area (Å²) in [5.41, 5.74) is 1.55. The second kappa shape index (κ2) is 4.65. The number of benzene rings is 1. The molecule has 1 saturated carbocycles. The number of nitrogens with zero attached hydrogens (tertiary/aromatic N) is 2. The third kappa shape index (κ3) is 2.51. The summed E-state index contributed by atoms with van der Waals surface area (Å²) < 4.78 is 38.6. The fourth-order valence-electron chi connectivity index (χ4n) is 2.78. The van der Waals surface area contributed by atoms with Crippen molar-refractivity contribution in [1.82, 2.24) is 9.78 Å². The second-order valence-electron chi connectivity index (χ2n) is 5.35. The van der Waals surface area contributed by atoms with Gasteiger partial charge in [0.15, 0.2) is 5.15 Å². The Kier molecular flexibility index (Phi) is 3.20. The molecule has 1 aliphatic carbocycles. The normalized spacial score (nSPS) is 22.4. The van der Waals surface area contributed by atoms with Gasteiger partial charge in [-0.1, -0.05) is 31.0 Å². The fraction of sp³-hybridized carbons (Fsp3) is 0.500. The van der Waals surface area contributed by atoms with Crippen LogP contribution in [0.5, 0.6) is 0 Å². The lowest BCUT2D eigenvalue weighted by atomic mass is 10.1. The third-order valence-electron chi connectivity index (χ3n) is 3.93. The van der Waals surface area contributed by atoms with Crippen LogP contribution in [0.2, 0.25) is 5.15 Å². The summed E-state index contributed by atoms with van der Waals surface area (Å²) in [7, 11) is 0. The number of hydrogen-bond donors (Lipinski definition) is 0. The molecule has 6 heteroatoms. The van der Waals surface area contributed by atoms with E-state index in [9.17, 15) is 13.2 Å². The summed E-state index contributed by atoms with van der Waals surface area (Å²) in [6, 6.07) is 5.53. The van der Waals surface area contributed by atoms with Crippen LogP contribution < -0.4 is 0 Å². The molecular weight excluding hydrogens is 289 g/mol. The number of fused-ring (bicyclic) bond motifs is 1. The Balaban J connectivity index is 2.01. The smallest absolute Gasteiger partial charge is 0.254 e. The van der Waals surface area contributed by atoms with Gasteiger partial charge in [0, 0.05) is 5.39 Å². The zero-order valence-corrected chi connectivity index (χ0v) is 11.7. The Bertz CT molecular complexity index is 648. The van der Waals surface area contributed by atoms with Crippen LogP contribution in [-0.4, -0.2) is 16.0 Å². The molecule has 2 atom stereocenters. The van der Waals surface area contributed by atoms with Crippen LogP contribution in [0, 0.1) is 5.92 Å². The van der Waals surface area contributed by atoms with Gasteiger partial charge in [-0.25, -0.2) is 0 Å². The number of alkyl halides is 3. The molecule has 0 unspecified atom stereocenters. The van der Waals surface area contributed by atoms with Crippen molar-refractivity contribution in [3.8, 4) is 0 Å². The lowest BCUT2D eigenvalue weighted by Gasteiger charge is -2.08. The molecule has 0 saturated heterocycles. The van der Waals surface area contributed by atoms with Crippen LogP contribution in [0.1, 0.15) is 31.2 Å². The van der Waals surface area contributed by atoms with E-state index in [-0.39, 0.29) is 5.15 Å². The van der Waals surface area contributed by atoms with Gasteiger partial charge in [0.25, 0.3) is 0 Å². The molecule has 3 rings (SSSR count). The quantitative estimate of drug-likeness (QED) is 0.799. The van der Waals surface area contributed by atoms with Crippen molar-refractivity contribution in [2.24, 2.45) is 5.92 Å². The molecule has 20 heavy (non-hydrogen) atoms. The molecule has 2 nitrogen and oxygen atoms in total. The number of halogens is 4. The highest BCUT2D eigenvalue weighted by Crippen LogP contribution is 2.49. The lowest BCUT2D eigenvalue weighted by molar-refractivity contribution is -0.141. The van der Waals surface area contributed by atoms with Gasteiger partial charge in [-0.15, -0.1) is 0 Å². The van der Waals surface area contributed by atoms with Gasteiger partial charge >= 0.3 is 6.18 Å². The molecule has 0 amide bonds. The van der Waals surface area contributed by atoms with Crippen molar-refractivity contribution in [3.05, 3.63) is 28.9 Å². The first-order valence-electron chi connectivity index (χ1n) is 6.61. The van der Waals surface area contributed by atoms with Gasteiger partial charge in [-0.2, -0.15) is 18.3 Å². The Labute approximate surface area is 119 Å². The number of hydrogen-bond acceptors (Lipinski definition) is 1. The van der Waals surface area contributed by atoms with Gasteiger partial charge in [0.05, 0.1) is 5.52 Å². The van der Waals surface area contributed by atoms with Crippen molar-refractivity contribution in [2.45, 2.75) is 38.4 Å². The molecule has 0 spiro atoms. The van der Waals surface area contributed by atoms with E-state index in [1.165, 1.54) is 0 Å². The first-order chi connectivity index (χ1) is 9.39. The van der Waals surface area contributed by atoms with E-state index in [2.05, 4.69) is 12.0 Å². The van der Waals surface area contributed by atoms with Crippen LogP contribution >= 0.6 is 11.6 Å². The van der Waals surface area contributed by atoms with Gasteiger partial charge in [0.2, 0.25) is 0 Å². The van der Waals surface area contributed by atoms with E-state index < -0.39 is 12.7 Å².